The van der Waals surface area contributed by atoms with Gasteiger partial charge in [-0.3, -0.25) is 4.98 Å². The van der Waals surface area contributed by atoms with E-state index < -0.39 is 0 Å². The molecular formula is C22H19N3O2. The zero-order valence-electron chi connectivity index (χ0n) is 14.7. The molecule has 134 valence electrons. The number of nitrogens with zero attached hydrogens (tertiary/aromatic N) is 3. The van der Waals surface area contributed by atoms with Crippen LogP contribution in [0.4, 0.5) is 0 Å². The van der Waals surface area contributed by atoms with Crippen LogP contribution in [0.3, 0.4) is 0 Å². The zero-order chi connectivity index (χ0) is 18.5. The fourth-order valence-electron chi connectivity index (χ4n) is 2.89. The van der Waals surface area contributed by atoms with E-state index in [9.17, 15) is 5.11 Å². The van der Waals surface area contributed by atoms with E-state index in [1.165, 1.54) is 5.56 Å². The first kappa shape index (κ1) is 17.1. The molecule has 0 saturated heterocycles. The van der Waals surface area contributed by atoms with Gasteiger partial charge in [0.25, 0.3) is 5.89 Å². The molecule has 2 heterocycles. The van der Waals surface area contributed by atoms with Gasteiger partial charge >= 0.3 is 0 Å². The fourth-order valence-corrected chi connectivity index (χ4v) is 2.89. The Morgan fingerprint density at radius 2 is 1.67 bits per heavy atom. The maximum absolute atomic E-state index is 9.27. The minimum Gasteiger partial charge on any atom is -0.392 e. The molecule has 2 aromatic heterocycles. The third kappa shape index (κ3) is 4.10. The summed E-state index contributed by atoms with van der Waals surface area (Å²) in [5.41, 5.74) is 4.69. The summed E-state index contributed by atoms with van der Waals surface area (Å²) in [7, 11) is 0. The molecular weight excluding hydrogens is 338 g/mol. The van der Waals surface area contributed by atoms with E-state index in [4.69, 9.17) is 4.52 Å². The van der Waals surface area contributed by atoms with E-state index >= 15 is 0 Å². The number of pyridine rings is 1. The summed E-state index contributed by atoms with van der Waals surface area (Å²) >= 11 is 0. The maximum atomic E-state index is 9.27. The van der Waals surface area contributed by atoms with Crippen molar-refractivity contribution in [2.75, 3.05) is 0 Å². The molecule has 4 aromatic rings. The number of benzene rings is 2. The predicted octanol–water partition coefficient (Wildman–Crippen LogP) is 4.08. The molecule has 0 radical (unpaired) electrons. The van der Waals surface area contributed by atoms with Crippen molar-refractivity contribution in [2.45, 2.75) is 19.4 Å². The molecule has 0 atom stereocenters. The van der Waals surface area contributed by atoms with Crippen LogP contribution in [0.25, 0.3) is 22.7 Å². The van der Waals surface area contributed by atoms with Gasteiger partial charge in [0.15, 0.2) is 5.82 Å². The minimum absolute atomic E-state index is 0.0136. The van der Waals surface area contributed by atoms with Crippen molar-refractivity contribution in [1.29, 1.82) is 0 Å². The summed E-state index contributed by atoms with van der Waals surface area (Å²) in [5.74, 6) is 1.16. The molecule has 0 saturated carbocycles. The second-order valence-corrected chi connectivity index (χ2v) is 6.29. The highest BCUT2D eigenvalue weighted by molar-refractivity contribution is 5.63. The van der Waals surface area contributed by atoms with Crippen molar-refractivity contribution < 1.29 is 9.63 Å². The molecule has 1 N–H and O–H groups in total. The van der Waals surface area contributed by atoms with Crippen LogP contribution in [-0.4, -0.2) is 20.2 Å². The van der Waals surface area contributed by atoms with Crippen molar-refractivity contribution in [3.05, 3.63) is 89.9 Å². The van der Waals surface area contributed by atoms with E-state index in [2.05, 4.69) is 27.3 Å². The lowest BCUT2D eigenvalue weighted by molar-refractivity contribution is 0.282. The lowest BCUT2D eigenvalue weighted by Gasteiger charge is -2.03. The molecule has 0 fully saturated rings. The summed E-state index contributed by atoms with van der Waals surface area (Å²) in [4.78, 5) is 8.97. The van der Waals surface area contributed by atoms with Gasteiger partial charge < -0.3 is 9.63 Å². The summed E-state index contributed by atoms with van der Waals surface area (Å²) in [6, 6.07) is 21.8. The quantitative estimate of drug-likeness (QED) is 0.563. The highest BCUT2D eigenvalue weighted by atomic mass is 16.5. The second kappa shape index (κ2) is 7.93. The van der Waals surface area contributed by atoms with Crippen molar-refractivity contribution >= 4 is 0 Å². The number of aryl methyl sites for hydroxylation is 2. The number of aromatic nitrogens is 3. The van der Waals surface area contributed by atoms with Gasteiger partial charge in [0, 0.05) is 18.2 Å². The lowest BCUT2D eigenvalue weighted by Crippen LogP contribution is -1.93. The smallest absolute Gasteiger partial charge is 0.259 e. The van der Waals surface area contributed by atoms with E-state index in [0.29, 0.717) is 11.7 Å². The maximum Gasteiger partial charge on any atom is 0.259 e. The SMILES string of the molecule is OCc1cccc(-c2ccc(-c3nc(CCc4ccccc4)no3)cn2)c1. The predicted molar refractivity (Wildman–Crippen MR) is 103 cm³/mol. The van der Waals surface area contributed by atoms with E-state index in [0.717, 1.165) is 35.2 Å². The first-order valence-electron chi connectivity index (χ1n) is 8.85. The van der Waals surface area contributed by atoms with Gasteiger partial charge in [-0.15, -0.1) is 0 Å². The van der Waals surface area contributed by atoms with Crippen LogP contribution in [-0.2, 0) is 19.4 Å². The molecule has 27 heavy (non-hydrogen) atoms. The molecule has 0 unspecified atom stereocenters. The number of aliphatic hydroxyl groups excluding tert-OH is 1. The molecule has 0 bridgehead atoms. The average Bonchev–Trinajstić information content (AvgIpc) is 3.22. The largest absolute Gasteiger partial charge is 0.392 e. The highest BCUT2D eigenvalue weighted by Gasteiger charge is 2.10. The van der Waals surface area contributed by atoms with Gasteiger partial charge in [-0.05, 0) is 35.7 Å². The summed E-state index contributed by atoms with van der Waals surface area (Å²) in [5, 5.41) is 13.3. The van der Waals surface area contributed by atoms with Crippen LogP contribution in [0.5, 0.6) is 0 Å². The van der Waals surface area contributed by atoms with Crippen LogP contribution in [0, 0.1) is 0 Å². The normalized spacial score (nSPS) is 10.9. The molecule has 0 aliphatic rings. The molecule has 0 spiro atoms. The Kier molecular flexibility index (Phi) is 5.03. The van der Waals surface area contributed by atoms with Crippen LogP contribution in [0.1, 0.15) is 17.0 Å². The second-order valence-electron chi connectivity index (χ2n) is 6.29. The number of hydrogen-bond acceptors (Lipinski definition) is 5. The Morgan fingerprint density at radius 1 is 0.815 bits per heavy atom. The van der Waals surface area contributed by atoms with Gasteiger partial charge in [-0.25, -0.2) is 0 Å². The number of hydrogen-bond donors (Lipinski definition) is 1. The van der Waals surface area contributed by atoms with Crippen LogP contribution < -0.4 is 0 Å². The summed E-state index contributed by atoms with van der Waals surface area (Å²) in [6.45, 7) is 0.0136. The summed E-state index contributed by atoms with van der Waals surface area (Å²) < 4.78 is 5.39. The standard InChI is InChI=1S/C22H19N3O2/c26-15-17-7-4-8-18(13-17)20-11-10-19(14-23-20)22-24-21(25-27-22)12-9-16-5-2-1-3-6-16/h1-8,10-11,13-14,26H,9,12,15H2. The Morgan fingerprint density at radius 3 is 2.44 bits per heavy atom. The van der Waals surface area contributed by atoms with Crippen molar-refractivity contribution in [3.8, 4) is 22.7 Å². The monoisotopic (exact) mass is 357 g/mol. The molecule has 0 amide bonds. The van der Waals surface area contributed by atoms with Gasteiger partial charge in [-0.2, -0.15) is 4.98 Å². The highest BCUT2D eigenvalue weighted by Crippen LogP contribution is 2.22. The van der Waals surface area contributed by atoms with Crippen LogP contribution in [0.2, 0.25) is 0 Å². The van der Waals surface area contributed by atoms with Gasteiger partial charge in [-0.1, -0.05) is 53.7 Å². The Hall–Kier alpha value is -3.31. The third-order valence-electron chi connectivity index (χ3n) is 4.36. The zero-order valence-corrected chi connectivity index (χ0v) is 14.7. The molecule has 5 nitrogen and oxygen atoms in total. The van der Waals surface area contributed by atoms with Gasteiger partial charge in [0.1, 0.15) is 0 Å². The van der Waals surface area contributed by atoms with Gasteiger partial charge in [0.2, 0.25) is 0 Å². The van der Waals surface area contributed by atoms with Crippen molar-refractivity contribution in [1.82, 2.24) is 15.1 Å². The molecule has 0 aliphatic carbocycles. The van der Waals surface area contributed by atoms with Crippen molar-refractivity contribution in [2.24, 2.45) is 0 Å². The molecule has 0 aliphatic heterocycles. The van der Waals surface area contributed by atoms with Crippen LogP contribution in [0.15, 0.2) is 77.4 Å². The summed E-state index contributed by atoms with van der Waals surface area (Å²) in [6.07, 6.45) is 3.33. The third-order valence-corrected chi connectivity index (χ3v) is 4.36. The lowest BCUT2D eigenvalue weighted by atomic mass is 10.1. The minimum atomic E-state index is 0.0136. The molecule has 4 rings (SSSR count). The Balaban J connectivity index is 1.47. The number of aliphatic hydroxyl groups is 1. The van der Waals surface area contributed by atoms with Gasteiger partial charge in [0.05, 0.1) is 17.9 Å². The number of rotatable bonds is 6. The van der Waals surface area contributed by atoms with Crippen LogP contribution >= 0.6 is 0 Å². The van der Waals surface area contributed by atoms with E-state index in [1.54, 1.807) is 6.20 Å². The Bertz CT molecular complexity index is 1010. The van der Waals surface area contributed by atoms with E-state index in [-0.39, 0.29) is 6.61 Å². The fraction of sp³-hybridized carbons (Fsp3) is 0.136. The first-order chi connectivity index (χ1) is 13.3. The molecule has 2 aromatic carbocycles. The topological polar surface area (TPSA) is 72.0 Å². The van der Waals surface area contributed by atoms with Crippen molar-refractivity contribution in [3.63, 3.8) is 0 Å². The molecule has 5 heteroatoms. The Labute approximate surface area is 157 Å². The van der Waals surface area contributed by atoms with E-state index in [1.807, 2.05) is 54.6 Å². The first-order valence-corrected chi connectivity index (χ1v) is 8.85. The average molecular weight is 357 g/mol.